The second-order valence-electron chi connectivity index (χ2n) is 6.84. The van der Waals surface area contributed by atoms with Gasteiger partial charge < -0.3 is 11.1 Å². The van der Waals surface area contributed by atoms with Gasteiger partial charge in [0.25, 0.3) is 0 Å². The first-order valence-electron chi connectivity index (χ1n) is 9.11. The van der Waals surface area contributed by atoms with Crippen LogP contribution in [0, 0.1) is 20.8 Å². The van der Waals surface area contributed by atoms with E-state index < -0.39 is 0 Å². The lowest BCUT2D eigenvalue weighted by molar-refractivity contribution is 1.22. The van der Waals surface area contributed by atoms with Crippen molar-refractivity contribution in [1.82, 2.24) is 0 Å². The fraction of sp³-hybridized carbons (Fsp3) is 0.250. The third-order valence-electron chi connectivity index (χ3n) is 4.70. The van der Waals surface area contributed by atoms with Gasteiger partial charge in [-0.3, -0.25) is 0 Å². The van der Waals surface area contributed by atoms with Crippen LogP contribution in [0.15, 0.2) is 60.7 Å². The van der Waals surface area contributed by atoms with Gasteiger partial charge in [-0.25, -0.2) is 0 Å². The van der Waals surface area contributed by atoms with E-state index in [-0.39, 0.29) is 0 Å². The Kier molecular flexibility index (Phi) is 6.46. The molecular formula is C24H30N2. The van der Waals surface area contributed by atoms with E-state index in [2.05, 4.69) is 88.1 Å². The Hall–Kier alpha value is -2.74. The Morgan fingerprint density at radius 1 is 1.04 bits per heavy atom. The molecule has 0 aliphatic heterocycles. The average Bonchev–Trinajstić information content (AvgIpc) is 2.62. The molecule has 2 heteroatoms. The van der Waals surface area contributed by atoms with E-state index in [9.17, 15) is 0 Å². The molecule has 0 bridgehead atoms. The fourth-order valence-corrected chi connectivity index (χ4v) is 2.79. The highest BCUT2D eigenvalue weighted by Gasteiger charge is 2.08. The normalized spacial score (nSPS) is 12.2. The lowest BCUT2D eigenvalue weighted by Gasteiger charge is -2.15. The van der Waals surface area contributed by atoms with Gasteiger partial charge in [0.1, 0.15) is 0 Å². The number of rotatable bonds is 6. The standard InChI is InChI=1S/C24H30N2/c1-7-8-9-18(4)24(25)21-12-10-17(3)23(15-21)20(6)26-22-13-11-16(2)19(5)14-22/h8-15,26H,6-7,25H2,1-5H3/b9-8-,24-18-. The van der Waals surface area contributed by atoms with Crippen LogP contribution < -0.4 is 11.1 Å². The number of allylic oxidation sites excluding steroid dienone is 3. The van der Waals surface area contributed by atoms with Crippen molar-refractivity contribution in [2.75, 3.05) is 5.32 Å². The molecule has 136 valence electrons. The summed E-state index contributed by atoms with van der Waals surface area (Å²) in [5.41, 5.74) is 16.0. The first-order valence-corrected chi connectivity index (χ1v) is 9.11. The molecule has 0 unspecified atom stereocenters. The van der Waals surface area contributed by atoms with Crippen molar-refractivity contribution >= 4 is 17.1 Å². The predicted octanol–water partition coefficient (Wildman–Crippen LogP) is 6.35. The van der Waals surface area contributed by atoms with Crippen molar-refractivity contribution in [2.24, 2.45) is 5.73 Å². The predicted molar refractivity (Wildman–Crippen MR) is 116 cm³/mol. The summed E-state index contributed by atoms with van der Waals surface area (Å²) in [4.78, 5) is 0. The summed E-state index contributed by atoms with van der Waals surface area (Å²) in [7, 11) is 0. The third kappa shape index (κ3) is 4.66. The molecule has 0 amide bonds. The molecule has 2 aromatic carbocycles. The van der Waals surface area contributed by atoms with Gasteiger partial charge in [0, 0.05) is 22.6 Å². The van der Waals surface area contributed by atoms with Crippen LogP contribution in [0.4, 0.5) is 5.69 Å². The summed E-state index contributed by atoms with van der Waals surface area (Å²) in [6, 6.07) is 12.6. The number of aryl methyl sites for hydroxylation is 3. The minimum atomic E-state index is 0.801. The molecule has 26 heavy (non-hydrogen) atoms. The Bertz CT molecular complexity index is 870. The van der Waals surface area contributed by atoms with Crippen LogP contribution in [0.5, 0.6) is 0 Å². The Labute approximate surface area is 158 Å². The quantitative estimate of drug-likeness (QED) is 0.598. The van der Waals surface area contributed by atoms with Crippen molar-refractivity contribution < 1.29 is 0 Å². The number of hydrogen-bond donors (Lipinski definition) is 2. The molecule has 0 aliphatic carbocycles. The molecule has 2 aromatic rings. The van der Waals surface area contributed by atoms with Crippen LogP contribution in [-0.4, -0.2) is 0 Å². The fourth-order valence-electron chi connectivity index (χ4n) is 2.79. The second kappa shape index (κ2) is 8.57. The highest BCUT2D eigenvalue weighted by molar-refractivity contribution is 5.80. The highest BCUT2D eigenvalue weighted by atomic mass is 14.9. The largest absolute Gasteiger partial charge is 0.398 e. The molecule has 0 atom stereocenters. The molecule has 0 radical (unpaired) electrons. The molecule has 2 rings (SSSR count). The maximum Gasteiger partial charge on any atom is 0.0417 e. The Morgan fingerprint density at radius 2 is 1.73 bits per heavy atom. The average molecular weight is 347 g/mol. The van der Waals surface area contributed by atoms with Crippen molar-refractivity contribution in [3.05, 3.63) is 88.5 Å². The van der Waals surface area contributed by atoms with Crippen LogP contribution in [0.25, 0.3) is 11.4 Å². The maximum absolute atomic E-state index is 6.37. The van der Waals surface area contributed by atoms with Crippen LogP contribution >= 0.6 is 0 Å². The number of hydrogen-bond acceptors (Lipinski definition) is 2. The van der Waals surface area contributed by atoms with E-state index in [0.29, 0.717) is 0 Å². The summed E-state index contributed by atoms with van der Waals surface area (Å²) in [5, 5.41) is 3.43. The van der Waals surface area contributed by atoms with Crippen molar-refractivity contribution in [3.63, 3.8) is 0 Å². The lowest BCUT2D eigenvalue weighted by Crippen LogP contribution is -2.04. The van der Waals surface area contributed by atoms with Crippen LogP contribution in [0.3, 0.4) is 0 Å². The topological polar surface area (TPSA) is 38.0 Å². The van der Waals surface area contributed by atoms with Crippen LogP contribution in [0.1, 0.15) is 48.1 Å². The molecule has 0 fully saturated rings. The van der Waals surface area contributed by atoms with E-state index in [4.69, 9.17) is 5.73 Å². The molecule has 0 saturated carbocycles. The van der Waals surface area contributed by atoms with Crippen molar-refractivity contribution in [3.8, 4) is 0 Å². The zero-order valence-corrected chi connectivity index (χ0v) is 16.6. The molecule has 0 spiro atoms. The number of benzene rings is 2. The van der Waals surface area contributed by atoms with E-state index in [1.165, 1.54) is 16.7 Å². The number of nitrogens with one attached hydrogen (secondary N) is 1. The van der Waals surface area contributed by atoms with Crippen molar-refractivity contribution in [1.29, 1.82) is 0 Å². The molecular weight excluding hydrogens is 316 g/mol. The minimum Gasteiger partial charge on any atom is -0.398 e. The zero-order chi connectivity index (χ0) is 19.3. The summed E-state index contributed by atoms with van der Waals surface area (Å²) in [5.74, 6) is 0. The van der Waals surface area contributed by atoms with Gasteiger partial charge in [-0.1, -0.05) is 43.9 Å². The summed E-state index contributed by atoms with van der Waals surface area (Å²) < 4.78 is 0. The molecule has 0 aliphatic rings. The van der Waals surface area contributed by atoms with E-state index in [1.54, 1.807) is 0 Å². The Balaban J connectivity index is 2.32. The number of nitrogens with two attached hydrogens (primary N) is 1. The van der Waals surface area contributed by atoms with Gasteiger partial charge in [0.15, 0.2) is 0 Å². The first kappa shape index (κ1) is 19.6. The van der Waals surface area contributed by atoms with Gasteiger partial charge in [0.2, 0.25) is 0 Å². The smallest absolute Gasteiger partial charge is 0.0417 e. The van der Waals surface area contributed by atoms with Crippen LogP contribution in [-0.2, 0) is 0 Å². The van der Waals surface area contributed by atoms with Gasteiger partial charge in [0.05, 0.1) is 0 Å². The monoisotopic (exact) mass is 346 g/mol. The first-order chi connectivity index (χ1) is 12.3. The van der Waals surface area contributed by atoms with Gasteiger partial charge in [-0.15, -0.1) is 0 Å². The van der Waals surface area contributed by atoms with E-state index >= 15 is 0 Å². The van der Waals surface area contributed by atoms with Crippen molar-refractivity contribution in [2.45, 2.75) is 41.0 Å². The molecule has 0 aromatic heterocycles. The van der Waals surface area contributed by atoms with Gasteiger partial charge >= 0.3 is 0 Å². The van der Waals surface area contributed by atoms with Gasteiger partial charge in [-0.05, 0) is 80.1 Å². The summed E-state index contributed by atoms with van der Waals surface area (Å²) in [6.45, 7) is 14.7. The molecule has 0 heterocycles. The molecule has 3 N–H and O–H groups in total. The van der Waals surface area contributed by atoms with E-state index in [0.717, 1.165) is 40.2 Å². The SMILES string of the molecule is C=C(Nc1ccc(C)c(C)c1)c1cc(/C(N)=C(C)/C=C\CC)ccc1C. The van der Waals surface area contributed by atoms with E-state index in [1.807, 2.05) is 6.92 Å². The maximum atomic E-state index is 6.37. The molecule has 0 saturated heterocycles. The van der Waals surface area contributed by atoms with Gasteiger partial charge in [-0.2, -0.15) is 0 Å². The Morgan fingerprint density at radius 3 is 2.38 bits per heavy atom. The minimum absolute atomic E-state index is 0.801. The van der Waals surface area contributed by atoms with Crippen LogP contribution in [0.2, 0.25) is 0 Å². The second-order valence-corrected chi connectivity index (χ2v) is 6.84. The molecule has 2 nitrogen and oxygen atoms in total. The highest BCUT2D eigenvalue weighted by Crippen LogP contribution is 2.25. The lowest BCUT2D eigenvalue weighted by atomic mass is 9.99. The zero-order valence-electron chi connectivity index (χ0n) is 16.6. The number of anilines is 1. The summed E-state index contributed by atoms with van der Waals surface area (Å²) >= 11 is 0. The summed E-state index contributed by atoms with van der Waals surface area (Å²) in [6.07, 6.45) is 5.20. The third-order valence-corrected chi connectivity index (χ3v) is 4.70.